The van der Waals surface area contributed by atoms with Crippen molar-refractivity contribution in [3.05, 3.63) is 39.4 Å². The van der Waals surface area contributed by atoms with E-state index in [9.17, 15) is 0 Å². The summed E-state index contributed by atoms with van der Waals surface area (Å²) in [6, 6.07) is 0.531. The third-order valence-corrected chi connectivity index (χ3v) is 5.96. The molecule has 2 N–H and O–H groups in total. The van der Waals surface area contributed by atoms with E-state index < -0.39 is 0 Å². The molecule has 1 aliphatic carbocycles. The van der Waals surface area contributed by atoms with Crippen molar-refractivity contribution >= 4 is 11.3 Å². The number of nitrogens with one attached hydrogen (secondary N) is 2. The second kappa shape index (κ2) is 5.43. The number of aromatic nitrogens is 1. The van der Waals surface area contributed by atoms with Gasteiger partial charge in [-0.15, -0.1) is 11.3 Å². The number of fused-ring (bicyclic) bond motifs is 1. The van der Waals surface area contributed by atoms with Crippen molar-refractivity contribution in [2.75, 3.05) is 13.1 Å². The largest absolute Gasteiger partial charge is 0.317 e. The van der Waals surface area contributed by atoms with Crippen molar-refractivity contribution < 1.29 is 0 Å². The SMILES string of the molecule is C1=CC(C2CCc3sc(C4CCNCC4)nc3CN2)=C1. The van der Waals surface area contributed by atoms with E-state index >= 15 is 0 Å². The van der Waals surface area contributed by atoms with E-state index in [0.29, 0.717) is 12.0 Å². The third-order valence-electron chi connectivity index (χ3n) is 4.64. The molecule has 1 atom stereocenters. The molecule has 106 valence electrons. The molecule has 1 unspecified atom stereocenters. The topological polar surface area (TPSA) is 37.0 Å². The quantitative estimate of drug-likeness (QED) is 0.877. The average molecular weight is 287 g/mol. The van der Waals surface area contributed by atoms with Gasteiger partial charge in [0.1, 0.15) is 0 Å². The van der Waals surface area contributed by atoms with Crippen molar-refractivity contribution in [2.45, 2.75) is 44.2 Å². The molecule has 3 aliphatic rings. The monoisotopic (exact) mass is 287 g/mol. The molecule has 1 aromatic heterocycles. The Hall–Kier alpha value is -0.970. The first-order chi connectivity index (χ1) is 9.90. The summed E-state index contributed by atoms with van der Waals surface area (Å²) in [5.41, 5.74) is 2.77. The maximum atomic E-state index is 4.96. The molecular formula is C16H21N3S. The fourth-order valence-electron chi connectivity index (χ4n) is 3.30. The minimum absolute atomic E-state index is 0.531. The van der Waals surface area contributed by atoms with Crippen LogP contribution in [0.15, 0.2) is 23.8 Å². The van der Waals surface area contributed by atoms with Gasteiger partial charge in [-0.1, -0.05) is 18.2 Å². The van der Waals surface area contributed by atoms with Crippen LogP contribution in [0.4, 0.5) is 0 Å². The third kappa shape index (κ3) is 2.36. The normalized spacial score (nSPS) is 26.6. The first-order valence-electron chi connectivity index (χ1n) is 7.71. The van der Waals surface area contributed by atoms with Gasteiger partial charge in [0.2, 0.25) is 0 Å². The van der Waals surface area contributed by atoms with Crippen molar-refractivity contribution in [1.29, 1.82) is 0 Å². The van der Waals surface area contributed by atoms with Crippen molar-refractivity contribution in [2.24, 2.45) is 0 Å². The molecule has 0 bridgehead atoms. The van der Waals surface area contributed by atoms with Crippen LogP contribution in [0, 0.1) is 0 Å². The van der Waals surface area contributed by atoms with E-state index in [1.807, 2.05) is 11.3 Å². The number of allylic oxidation sites excluding steroid dienone is 2. The van der Waals surface area contributed by atoms with Gasteiger partial charge in [0.25, 0.3) is 0 Å². The highest BCUT2D eigenvalue weighted by atomic mass is 32.1. The van der Waals surface area contributed by atoms with E-state index in [2.05, 4.69) is 28.9 Å². The van der Waals surface area contributed by atoms with Gasteiger partial charge in [-0.05, 0) is 44.3 Å². The molecule has 1 saturated heterocycles. The summed E-state index contributed by atoms with van der Waals surface area (Å²) in [4.78, 5) is 6.49. The molecule has 3 nitrogen and oxygen atoms in total. The first kappa shape index (κ1) is 12.7. The smallest absolute Gasteiger partial charge is 0.0963 e. The number of piperidine rings is 1. The highest BCUT2D eigenvalue weighted by molar-refractivity contribution is 7.11. The molecule has 0 aromatic carbocycles. The van der Waals surface area contributed by atoms with Gasteiger partial charge in [-0.25, -0.2) is 4.98 Å². The van der Waals surface area contributed by atoms with Crippen LogP contribution in [0.1, 0.15) is 40.8 Å². The number of hydrogen-bond donors (Lipinski definition) is 2. The molecule has 4 heteroatoms. The van der Waals surface area contributed by atoms with Crippen LogP contribution in [0.3, 0.4) is 0 Å². The molecule has 0 amide bonds. The molecule has 20 heavy (non-hydrogen) atoms. The maximum absolute atomic E-state index is 4.96. The van der Waals surface area contributed by atoms with Gasteiger partial charge in [-0.2, -0.15) is 0 Å². The molecular weight excluding hydrogens is 266 g/mol. The van der Waals surface area contributed by atoms with E-state index in [1.54, 1.807) is 0 Å². The van der Waals surface area contributed by atoms with Gasteiger partial charge < -0.3 is 10.6 Å². The van der Waals surface area contributed by atoms with Crippen LogP contribution >= 0.6 is 11.3 Å². The van der Waals surface area contributed by atoms with Gasteiger partial charge >= 0.3 is 0 Å². The predicted octanol–water partition coefficient (Wildman–Crippen LogP) is 2.51. The zero-order chi connectivity index (χ0) is 13.4. The Balaban J connectivity index is 1.48. The Kier molecular flexibility index (Phi) is 3.46. The number of thiazole rings is 1. The number of nitrogens with zero attached hydrogens (tertiary/aromatic N) is 1. The summed E-state index contributed by atoms with van der Waals surface area (Å²) in [7, 11) is 0. The molecule has 1 aromatic rings. The fraction of sp³-hybridized carbons (Fsp3) is 0.562. The standard InChI is InChI=1S/C16H21N3S/c1-2-11(3-1)13-4-5-15-14(10-18-13)19-16(20-15)12-6-8-17-9-7-12/h1-3,12-13,17-18H,4-10H2. The zero-order valence-electron chi connectivity index (χ0n) is 11.7. The molecule has 0 saturated carbocycles. The summed E-state index contributed by atoms with van der Waals surface area (Å²) in [6.45, 7) is 3.23. The van der Waals surface area contributed by atoms with Crippen LogP contribution in [-0.2, 0) is 13.0 Å². The van der Waals surface area contributed by atoms with Gasteiger partial charge in [-0.3, -0.25) is 0 Å². The van der Waals surface area contributed by atoms with E-state index in [4.69, 9.17) is 4.98 Å². The summed E-state index contributed by atoms with van der Waals surface area (Å²) in [5, 5.41) is 8.50. The highest BCUT2D eigenvalue weighted by Crippen LogP contribution is 2.33. The van der Waals surface area contributed by atoms with E-state index in [-0.39, 0.29) is 0 Å². The molecule has 0 spiro atoms. The Bertz CT molecular complexity index is 527. The maximum Gasteiger partial charge on any atom is 0.0963 e. The number of hydrogen-bond acceptors (Lipinski definition) is 4. The number of aryl methyl sites for hydroxylation is 1. The Morgan fingerprint density at radius 1 is 1.20 bits per heavy atom. The summed E-state index contributed by atoms with van der Waals surface area (Å²) in [6.07, 6.45) is 11.5. The van der Waals surface area contributed by atoms with E-state index in [1.165, 1.54) is 46.8 Å². The van der Waals surface area contributed by atoms with Crippen LogP contribution in [0.5, 0.6) is 0 Å². The zero-order valence-corrected chi connectivity index (χ0v) is 12.5. The molecule has 2 aliphatic heterocycles. The Morgan fingerprint density at radius 3 is 2.80 bits per heavy atom. The van der Waals surface area contributed by atoms with Crippen molar-refractivity contribution in [3.63, 3.8) is 0 Å². The molecule has 1 fully saturated rings. The van der Waals surface area contributed by atoms with Crippen LogP contribution in [0.25, 0.3) is 0 Å². The second-order valence-electron chi connectivity index (χ2n) is 5.94. The highest BCUT2D eigenvalue weighted by Gasteiger charge is 2.25. The average Bonchev–Trinajstić information content (AvgIpc) is 2.75. The molecule has 4 rings (SSSR count). The van der Waals surface area contributed by atoms with Crippen LogP contribution < -0.4 is 10.6 Å². The van der Waals surface area contributed by atoms with Gasteiger partial charge in [0, 0.05) is 23.4 Å². The van der Waals surface area contributed by atoms with Crippen LogP contribution in [0.2, 0.25) is 0 Å². The van der Waals surface area contributed by atoms with Crippen molar-refractivity contribution in [1.82, 2.24) is 15.6 Å². The lowest BCUT2D eigenvalue weighted by Gasteiger charge is -2.21. The minimum Gasteiger partial charge on any atom is -0.317 e. The van der Waals surface area contributed by atoms with E-state index in [0.717, 1.165) is 19.6 Å². The Labute approximate surface area is 124 Å². The van der Waals surface area contributed by atoms with Gasteiger partial charge in [0.15, 0.2) is 0 Å². The minimum atomic E-state index is 0.531. The summed E-state index contributed by atoms with van der Waals surface area (Å²) < 4.78 is 0. The first-order valence-corrected chi connectivity index (χ1v) is 8.52. The summed E-state index contributed by atoms with van der Waals surface area (Å²) in [5.74, 6) is 0.696. The second-order valence-corrected chi connectivity index (χ2v) is 7.06. The lowest BCUT2D eigenvalue weighted by molar-refractivity contribution is 0.458. The van der Waals surface area contributed by atoms with Crippen molar-refractivity contribution in [3.8, 4) is 0 Å². The van der Waals surface area contributed by atoms with Crippen LogP contribution in [-0.4, -0.2) is 24.1 Å². The fourth-order valence-corrected chi connectivity index (χ4v) is 4.57. The lowest BCUT2D eigenvalue weighted by atomic mass is 9.96. The predicted molar refractivity (Wildman–Crippen MR) is 83.1 cm³/mol. The summed E-state index contributed by atoms with van der Waals surface area (Å²) >= 11 is 1.98. The number of rotatable bonds is 2. The lowest BCUT2D eigenvalue weighted by Crippen LogP contribution is -2.30. The molecule has 3 heterocycles. The Morgan fingerprint density at radius 2 is 2.05 bits per heavy atom. The molecule has 0 radical (unpaired) electrons. The van der Waals surface area contributed by atoms with Gasteiger partial charge in [0.05, 0.1) is 10.7 Å².